The summed E-state index contributed by atoms with van der Waals surface area (Å²) >= 11 is 0. The molecule has 1 saturated carbocycles. The van der Waals surface area contributed by atoms with E-state index in [2.05, 4.69) is 12.2 Å². The molecule has 0 bridgehead atoms. The van der Waals surface area contributed by atoms with Crippen LogP contribution in [0.15, 0.2) is 24.0 Å². The maximum Gasteiger partial charge on any atom is 0.352 e. The van der Waals surface area contributed by atoms with E-state index in [1.54, 1.807) is 7.11 Å². The van der Waals surface area contributed by atoms with Crippen molar-refractivity contribution in [1.82, 2.24) is 0 Å². The zero-order valence-electron chi connectivity index (χ0n) is 11.6. The summed E-state index contributed by atoms with van der Waals surface area (Å²) in [7, 11) is 3.13. The highest BCUT2D eigenvalue weighted by atomic mass is 28.4. The summed E-state index contributed by atoms with van der Waals surface area (Å²) in [4.78, 5) is 0. The van der Waals surface area contributed by atoms with Crippen molar-refractivity contribution in [3.05, 3.63) is 24.0 Å². The van der Waals surface area contributed by atoms with Crippen molar-refractivity contribution in [3.63, 3.8) is 0 Å². The predicted octanol–water partition coefficient (Wildman–Crippen LogP) is 3.53. The van der Waals surface area contributed by atoms with Crippen LogP contribution in [0.5, 0.6) is 0 Å². The summed E-state index contributed by atoms with van der Waals surface area (Å²) in [5.41, 5.74) is 0.883. The van der Waals surface area contributed by atoms with Gasteiger partial charge in [-0.15, -0.1) is 0 Å². The van der Waals surface area contributed by atoms with Crippen molar-refractivity contribution in [3.8, 4) is 0 Å². The van der Waals surface area contributed by atoms with E-state index in [1.807, 2.05) is 20.3 Å². The van der Waals surface area contributed by atoms with E-state index < -0.39 is 8.56 Å². The predicted molar refractivity (Wildman–Crippen MR) is 74.6 cm³/mol. The van der Waals surface area contributed by atoms with Crippen molar-refractivity contribution in [1.29, 1.82) is 0 Å². The van der Waals surface area contributed by atoms with Crippen LogP contribution >= 0.6 is 0 Å². The molecule has 0 heterocycles. The molecule has 3 nitrogen and oxygen atoms in total. The first-order valence-corrected chi connectivity index (χ1v) is 8.78. The van der Waals surface area contributed by atoms with E-state index in [0.717, 1.165) is 5.76 Å². The Labute approximate surface area is 111 Å². The van der Waals surface area contributed by atoms with Gasteiger partial charge < -0.3 is 13.6 Å². The summed E-state index contributed by atoms with van der Waals surface area (Å²) in [6, 6.07) is 0. The quantitative estimate of drug-likeness (QED) is 0.714. The van der Waals surface area contributed by atoms with Gasteiger partial charge in [-0.25, -0.2) is 0 Å². The lowest BCUT2D eigenvalue weighted by molar-refractivity contribution is 0.213. The van der Waals surface area contributed by atoms with E-state index in [9.17, 15) is 0 Å². The minimum Gasteiger partial charge on any atom is -0.497 e. The lowest BCUT2D eigenvalue weighted by Gasteiger charge is -2.39. The first-order valence-electron chi connectivity index (χ1n) is 6.81. The van der Waals surface area contributed by atoms with Gasteiger partial charge in [-0.2, -0.15) is 0 Å². The highest BCUT2D eigenvalue weighted by molar-refractivity contribution is 6.71. The van der Waals surface area contributed by atoms with Crippen molar-refractivity contribution in [2.24, 2.45) is 0 Å². The van der Waals surface area contributed by atoms with Gasteiger partial charge >= 0.3 is 8.56 Å². The Morgan fingerprint density at radius 3 is 2.22 bits per heavy atom. The first-order chi connectivity index (χ1) is 8.76. The third-order valence-corrected chi connectivity index (χ3v) is 8.60. The number of rotatable bonds is 5. The fourth-order valence-corrected chi connectivity index (χ4v) is 7.23. The minimum absolute atomic E-state index is 0.283. The Morgan fingerprint density at radius 1 is 1.06 bits per heavy atom. The molecule has 2 aliphatic carbocycles. The lowest BCUT2D eigenvalue weighted by Crippen LogP contribution is -2.49. The molecule has 102 valence electrons. The molecule has 18 heavy (non-hydrogen) atoms. The van der Waals surface area contributed by atoms with Crippen LogP contribution in [0.2, 0.25) is 11.1 Å². The topological polar surface area (TPSA) is 27.7 Å². The van der Waals surface area contributed by atoms with Gasteiger partial charge in [0, 0.05) is 25.3 Å². The van der Waals surface area contributed by atoms with Crippen LogP contribution in [0.1, 0.15) is 32.1 Å². The third kappa shape index (κ3) is 2.42. The first kappa shape index (κ1) is 13.8. The number of ether oxygens (including phenoxy) is 1. The SMILES string of the molecule is COC1=CC([Si](OC)(OC)C2CCCCC2)C=C1. The molecule has 0 spiro atoms. The van der Waals surface area contributed by atoms with Gasteiger partial charge in [-0.3, -0.25) is 0 Å². The molecule has 0 aromatic heterocycles. The van der Waals surface area contributed by atoms with E-state index in [-0.39, 0.29) is 5.54 Å². The van der Waals surface area contributed by atoms with E-state index in [1.165, 1.54) is 32.1 Å². The van der Waals surface area contributed by atoms with Gasteiger partial charge in [-0.05, 0) is 25.0 Å². The molecule has 0 aliphatic heterocycles. The van der Waals surface area contributed by atoms with Crippen molar-refractivity contribution >= 4 is 8.56 Å². The van der Waals surface area contributed by atoms with Crippen LogP contribution in [0.25, 0.3) is 0 Å². The van der Waals surface area contributed by atoms with Crippen LogP contribution in [-0.4, -0.2) is 29.9 Å². The molecule has 0 aromatic rings. The van der Waals surface area contributed by atoms with Crippen LogP contribution in [-0.2, 0) is 13.6 Å². The molecule has 1 fully saturated rings. The van der Waals surface area contributed by atoms with Crippen LogP contribution in [0.3, 0.4) is 0 Å². The molecular formula is C14H24O3Si. The van der Waals surface area contributed by atoms with Gasteiger partial charge in [0.15, 0.2) is 0 Å². The Hall–Kier alpha value is -0.583. The summed E-state index contributed by atoms with van der Waals surface area (Å²) in [6.45, 7) is 0. The third-order valence-electron chi connectivity index (χ3n) is 4.32. The molecule has 2 rings (SSSR count). The van der Waals surface area contributed by atoms with Gasteiger partial charge in [0.2, 0.25) is 0 Å². The molecule has 0 amide bonds. The highest BCUT2D eigenvalue weighted by Gasteiger charge is 2.50. The highest BCUT2D eigenvalue weighted by Crippen LogP contribution is 2.46. The van der Waals surface area contributed by atoms with Gasteiger partial charge in [-0.1, -0.05) is 25.3 Å². The van der Waals surface area contributed by atoms with E-state index in [0.29, 0.717) is 5.54 Å². The molecule has 2 aliphatic rings. The van der Waals surface area contributed by atoms with Crippen molar-refractivity contribution in [2.75, 3.05) is 21.3 Å². The van der Waals surface area contributed by atoms with Crippen molar-refractivity contribution in [2.45, 2.75) is 43.2 Å². The second-order valence-electron chi connectivity index (χ2n) is 5.12. The van der Waals surface area contributed by atoms with Crippen LogP contribution in [0, 0.1) is 0 Å². The zero-order chi connectivity index (χ0) is 13.0. The maximum absolute atomic E-state index is 5.97. The average molecular weight is 268 g/mol. The monoisotopic (exact) mass is 268 g/mol. The van der Waals surface area contributed by atoms with Crippen LogP contribution in [0.4, 0.5) is 0 Å². The maximum atomic E-state index is 5.97. The summed E-state index contributed by atoms with van der Waals surface area (Å²) in [5.74, 6) is 0.932. The molecule has 0 radical (unpaired) electrons. The van der Waals surface area contributed by atoms with Gasteiger partial charge in [0.25, 0.3) is 0 Å². The molecule has 0 aromatic carbocycles. The van der Waals surface area contributed by atoms with Gasteiger partial charge in [0.1, 0.15) is 5.76 Å². The standard InChI is InChI=1S/C14H24O3Si/c1-15-12-9-10-14(11-12)18(16-2,17-3)13-7-5-4-6-8-13/h9-11,13-14H,4-8H2,1-3H3. The molecule has 1 unspecified atom stereocenters. The Kier molecular flexibility index (Phi) is 4.64. The lowest BCUT2D eigenvalue weighted by atomic mass is 10.0. The molecular weight excluding hydrogens is 244 g/mol. The van der Waals surface area contributed by atoms with E-state index in [4.69, 9.17) is 13.6 Å². The van der Waals surface area contributed by atoms with Crippen LogP contribution < -0.4 is 0 Å². The minimum atomic E-state index is -2.21. The van der Waals surface area contributed by atoms with Crippen molar-refractivity contribution < 1.29 is 13.6 Å². The fraction of sp³-hybridized carbons (Fsp3) is 0.714. The largest absolute Gasteiger partial charge is 0.497 e. The summed E-state index contributed by atoms with van der Waals surface area (Å²) < 4.78 is 17.2. The Bertz CT molecular complexity index is 328. The fourth-order valence-electron chi connectivity index (χ4n) is 3.34. The average Bonchev–Trinajstić information content (AvgIpc) is 2.91. The zero-order valence-corrected chi connectivity index (χ0v) is 12.6. The van der Waals surface area contributed by atoms with Gasteiger partial charge in [0.05, 0.1) is 7.11 Å². The number of methoxy groups -OCH3 is 1. The second-order valence-corrected chi connectivity index (χ2v) is 8.87. The molecule has 4 heteroatoms. The molecule has 1 atom stereocenters. The molecule has 0 saturated heterocycles. The number of allylic oxidation sites excluding steroid dienone is 3. The summed E-state index contributed by atoms with van der Waals surface area (Å²) in [6.07, 6.45) is 12.8. The smallest absolute Gasteiger partial charge is 0.352 e. The number of hydrogen-bond donors (Lipinski definition) is 0. The number of hydrogen-bond acceptors (Lipinski definition) is 3. The Balaban J connectivity index is 2.21. The molecule has 0 N–H and O–H groups in total. The summed E-state index contributed by atoms with van der Waals surface area (Å²) in [5, 5.41) is 0. The second kappa shape index (κ2) is 6.04. The Morgan fingerprint density at radius 2 is 1.72 bits per heavy atom. The normalized spacial score (nSPS) is 25.3. The van der Waals surface area contributed by atoms with E-state index >= 15 is 0 Å².